The minimum Gasteiger partial charge on any atom is -0.378 e. The summed E-state index contributed by atoms with van der Waals surface area (Å²) in [4.78, 5) is 42.1. The minimum absolute atomic E-state index is 0.0285. The summed E-state index contributed by atoms with van der Waals surface area (Å²) >= 11 is 0. The monoisotopic (exact) mass is 359 g/mol. The number of hydrogen-bond acceptors (Lipinski definition) is 4. The van der Waals surface area contributed by atoms with Crippen molar-refractivity contribution >= 4 is 17.7 Å². The summed E-state index contributed by atoms with van der Waals surface area (Å²) in [7, 11) is 0. The number of amides is 3. The quantitative estimate of drug-likeness (QED) is 0.717. The van der Waals surface area contributed by atoms with E-state index < -0.39 is 11.8 Å². The summed E-state index contributed by atoms with van der Waals surface area (Å²) in [6.45, 7) is 5.57. The van der Waals surface area contributed by atoms with E-state index in [4.69, 9.17) is 4.74 Å². The number of morpholine rings is 1. The highest BCUT2D eigenvalue weighted by Gasteiger charge is 2.31. The number of carbonyl (C=O) groups is 3. The van der Waals surface area contributed by atoms with Gasteiger partial charge in [0.2, 0.25) is 0 Å². The number of carbonyl (C=O) groups excluding carboxylic acids is 3. The van der Waals surface area contributed by atoms with E-state index >= 15 is 0 Å². The van der Waals surface area contributed by atoms with Crippen LogP contribution in [-0.2, 0) is 20.7 Å². The van der Waals surface area contributed by atoms with E-state index in [2.05, 4.69) is 6.92 Å². The predicted molar refractivity (Wildman–Crippen MR) is 95.7 cm³/mol. The van der Waals surface area contributed by atoms with E-state index in [-0.39, 0.29) is 5.91 Å². The average molecular weight is 359 g/mol. The molecule has 3 rings (SSSR count). The molecule has 2 saturated heterocycles. The molecule has 1 aromatic carbocycles. The third kappa shape index (κ3) is 4.04. The van der Waals surface area contributed by atoms with Gasteiger partial charge in [-0.2, -0.15) is 0 Å². The van der Waals surface area contributed by atoms with Gasteiger partial charge in [0.15, 0.2) is 0 Å². The number of ether oxygens (including phenoxy) is 1. The van der Waals surface area contributed by atoms with Gasteiger partial charge in [-0.3, -0.25) is 14.4 Å². The van der Waals surface area contributed by atoms with Crippen molar-refractivity contribution in [3.63, 3.8) is 0 Å². The molecule has 0 N–H and O–H groups in total. The van der Waals surface area contributed by atoms with Crippen LogP contribution in [0.1, 0.15) is 22.8 Å². The molecule has 2 aliphatic heterocycles. The van der Waals surface area contributed by atoms with Crippen molar-refractivity contribution in [2.24, 2.45) is 0 Å². The Morgan fingerprint density at radius 1 is 0.808 bits per heavy atom. The van der Waals surface area contributed by atoms with Crippen LogP contribution in [0.4, 0.5) is 0 Å². The zero-order chi connectivity index (χ0) is 18.5. The molecule has 0 aliphatic carbocycles. The predicted octanol–water partition coefficient (Wildman–Crippen LogP) is 0.392. The molecule has 26 heavy (non-hydrogen) atoms. The van der Waals surface area contributed by atoms with Crippen LogP contribution in [0.25, 0.3) is 0 Å². The molecule has 2 fully saturated rings. The number of piperazine rings is 1. The summed E-state index contributed by atoms with van der Waals surface area (Å²) in [6, 6.07) is 7.63. The molecule has 140 valence electrons. The third-order valence-electron chi connectivity index (χ3n) is 4.94. The summed E-state index contributed by atoms with van der Waals surface area (Å²) in [5.74, 6) is -0.978. The van der Waals surface area contributed by atoms with Gasteiger partial charge in [-0.25, -0.2) is 0 Å². The molecule has 0 radical (unpaired) electrons. The Bertz CT molecular complexity index is 660. The lowest BCUT2D eigenvalue weighted by atomic mass is 10.1. The van der Waals surface area contributed by atoms with Crippen molar-refractivity contribution in [2.45, 2.75) is 13.3 Å². The zero-order valence-corrected chi connectivity index (χ0v) is 15.1. The first kappa shape index (κ1) is 18.4. The summed E-state index contributed by atoms with van der Waals surface area (Å²) in [5, 5.41) is 0. The van der Waals surface area contributed by atoms with Crippen molar-refractivity contribution in [1.29, 1.82) is 0 Å². The number of hydrogen-bond donors (Lipinski definition) is 0. The van der Waals surface area contributed by atoms with Crippen molar-refractivity contribution in [3.05, 3.63) is 35.4 Å². The third-order valence-corrected chi connectivity index (χ3v) is 4.94. The van der Waals surface area contributed by atoms with Crippen LogP contribution in [0.15, 0.2) is 24.3 Å². The zero-order valence-electron chi connectivity index (χ0n) is 15.1. The van der Waals surface area contributed by atoms with Gasteiger partial charge in [0.25, 0.3) is 5.91 Å². The minimum atomic E-state index is -0.480. The molecule has 0 unspecified atom stereocenters. The normalized spacial score (nSPS) is 18.0. The molecular formula is C19H25N3O4. The van der Waals surface area contributed by atoms with Gasteiger partial charge < -0.3 is 19.4 Å². The lowest BCUT2D eigenvalue weighted by molar-refractivity contribution is -0.154. The van der Waals surface area contributed by atoms with Crippen molar-refractivity contribution in [2.75, 3.05) is 52.5 Å². The first-order valence-electron chi connectivity index (χ1n) is 9.14. The second kappa shape index (κ2) is 8.31. The fourth-order valence-corrected chi connectivity index (χ4v) is 3.22. The topological polar surface area (TPSA) is 70.2 Å². The number of rotatable bonds is 2. The van der Waals surface area contributed by atoms with Crippen molar-refractivity contribution in [3.8, 4) is 0 Å². The van der Waals surface area contributed by atoms with E-state index in [1.54, 1.807) is 14.7 Å². The van der Waals surface area contributed by atoms with Gasteiger partial charge in [-0.15, -0.1) is 0 Å². The van der Waals surface area contributed by atoms with Gasteiger partial charge >= 0.3 is 11.8 Å². The van der Waals surface area contributed by atoms with Gasteiger partial charge in [-0.1, -0.05) is 19.1 Å². The average Bonchev–Trinajstić information content (AvgIpc) is 2.73. The molecule has 0 saturated carbocycles. The second-order valence-electron chi connectivity index (χ2n) is 6.54. The highest BCUT2D eigenvalue weighted by atomic mass is 16.5. The highest BCUT2D eigenvalue weighted by Crippen LogP contribution is 2.12. The maximum atomic E-state index is 12.6. The van der Waals surface area contributed by atoms with Crippen molar-refractivity contribution < 1.29 is 19.1 Å². The van der Waals surface area contributed by atoms with Crippen molar-refractivity contribution in [1.82, 2.24) is 14.7 Å². The Kier molecular flexibility index (Phi) is 5.88. The number of benzene rings is 1. The van der Waals surface area contributed by atoms with Gasteiger partial charge in [0.05, 0.1) is 13.2 Å². The molecule has 2 aliphatic rings. The standard InChI is InChI=1S/C19H25N3O4/c1-2-15-3-5-16(6-4-15)17(23)20-7-9-21(10-8-20)18(24)19(25)22-11-13-26-14-12-22/h3-6H,2,7-14H2,1H3. The van der Waals surface area contributed by atoms with E-state index in [0.717, 1.165) is 6.42 Å². The van der Waals surface area contributed by atoms with Crippen LogP contribution in [0, 0.1) is 0 Å². The van der Waals surface area contributed by atoms with Crippen LogP contribution >= 0.6 is 0 Å². The van der Waals surface area contributed by atoms with E-state index in [0.29, 0.717) is 58.0 Å². The Morgan fingerprint density at radius 2 is 1.31 bits per heavy atom. The smallest absolute Gasteiger partial charge is 0.312 e. The Balaban J connectivity index is 1.53. The maximum absolute atomic E-state index is 12.6. The van der Waals surface area contributed by atoms with Crippen LogP contribution in [0.2, 0.25) is 0 Å². The summed E-state index contributed by atoms with van der Waals surface area (Å²) in [6.07, 6.45) is 0.937. The molecule has 2 heterocycles. The maximum Gasteiger partial charge on any atom is 0.312 e. The van der Waals surface area contributed by atoms with Crippen LogP contribution in [-0.4, -0.2) is 84.9 Å². The van der Waals surface area contributed by atoms with Crippen LogP contribution in [0.3, 0.4) is 0 Å². The second-order valence-corrected chi connectivity index (χ2v) is 6.54. The van der Waals surface area contributed by atoms with Gasteiger partial charge in [-0.05, 0) is 24.1 Å². The molecule has 0 aromatic heterocycles. The number of aryl methyl sites for hydroxylation is 1. The molecule has 1 aromatic rings. The molecule has 7 heteroatoms. The highest BCUT2D eigenvalue weighted by molar-refractivity contribution is 6.34. The molecule has 0 spiro atoms. The fraction of sp³-hybridized carbons (Fsp3) is 0.526. The molecule has 3 amide bonds. The summed E-state index contributed by atoms with van der Waals surface area (Å²) in [5.41, 5.74) is 1.85. The number of nitrogens with zero attached hydrogens (tertiary/aromatic N) is 3. The molecule has 0 atom stereocenters. The Labute approximate surface area is 153 Å². The Hall–Kier alpha value is -2.41. The van der Waals surface area contributed by atoms with E-state index in [1.807, 2.05) is 24.3 Å². The van der Waals surface area contributed by atoms with E-state index in [1.165, 1.54) is 5.56 Å². The SMILES string of the molecule is CCc1ccc(C(=O)N2CCN(C(=O)C(=O)N3CCOCC3)CC2)cc1. The van der Waals surface area contributed by atoms with Gasteiger partial charge in [0, 0.05) is 44.8 Å². The van der Waals surface area contributed by atoms with Crippen LogP contribution < -0.4 is 0 Å². The fourth-order valence-electron chi connectivity index (χ4n) is 3.22. The van der Waals surface area contributed by atoms with Gasteiger partial charge in [0.1, 0.15) is 0 Å². The van der Waals surface area contributed by atoms with Crippen LogP contribution in [0.5, 0.6) is 0 Å². The molecule has 7 nitrogen and oxygen atoms in total. The summed E-state index contributed by atoms with van der Waals surface area (Å²) < 4.78 is 5.21. The van der Waals surface area contributed by atoms with E-state index in [9.17, 15) is 14.4 Å². The lowest BCUT2D eigenvalue weighted by Crippen LogP contribution is -2.55. The first-order valence-corrected chi connectivity index (χ1v) is 9.14. The first-order chi connectivity index (χ1) is 12.6. The molecule has 0 bridgehead atoms. The molecular weight excluding hydrogens is 334 g/mol. The Morgan fingerprint density at radius 3 is 1.85 bits per heavy atom. The lowest BCUT2D eigenvalue weighted by Gasteiger charge is -2.36. The largest absolute Gasteiger partial charge is 0.378 e.